The summed E-state index contributed by atoms with van der Waals surface area (Å²) in [5, 5.41) is 0. The highest BCUT2D eigenvalue weighted by atomic mass is 19.1. The van der Waals surface area contributed by atoms with Crippen LogP contribution in [0, 0.1) is 5.82 Å². The second kappa shape index (κ2) is 4.67. The zero-order valence-electron chi connectivity index (χ0n) is 8.43. The second-order valence-electron chi connectivity index (χ2n) is 3.12. The van der Waals surface area contributed by atoms with Crippen LogP contribution in [0.1, 0.15) is 5.56 Å². The average Bonchev–Trinajstić information content (AvgIpc) is 2.33. The van der Waals surface area contributed by atoms with Crippen molar-refractivity contribution in [2.45, 2.75) is 6.54 Å². The molecule has 1 aromatic heterocycles. The van der Waals surface area contributed by atoms with Gasteiger partial charge in [-0.15, -0.1) is 0 Å². The van der Waals surface area contributed by atoms with E-state index in [1.165, 1.54) is 24.7 Å². The molecule has 0 aliphatic carbocycles. The first kappa shape index (κ1) is 10.5. The van der Waals surface area contributed by atoms with Gasteiger partial charge in [-0.2, -0.15) is 0 Å². The zero-order valence-corrected chi connectivity index (χ0v) is 8.43. The van der Waals surface area contributed by atoms with E-state index < -0.39 is 5.82 Å². The lowest BCUT2D eigenvalue weighted by Gasteiger charge is -2.06. The monoisotopic (exact) mass is 219 g/mol. The van der Waals surface area contributed by atoms with Gasteiger partial charge < -0.3 is 10.5 Å². The zero-order chi connectivity index (χ0) is 11.4. The molecular formula is C11H10FN3O. The van der Waals surface area contributed by atoms with Gasteiger partial charge in [0.1, 0.15) is 6.33 Å². The van der Waals surface area contributed by atoms with Crippen LogP contribution in [0.2, 0.25) is 0 Å². The Morgan fingerprint density at radius 3 is 2.81 bits per heavy atom. The summed E-state index contributed by atoms with van der Waals surface area (Å²) >= 11 is 0. The highest BCUT2D eigenvalue weighted by Gasteiger charge is 2.05. The third-order valence-corrected chi connectivity index (χ3v) is 2.00. The number of nitrogens with two attached hydrogens (primary N) is 1. The topological polar surface area (TPSA) is 61.0 Å². The van der Waals surface area contributed by atoms with Crippen LogP contribution in [0.15, 0.2) is 36.8 Å². The van der Waals surface area contributed by atoms with Crippen LogP contribution in [0.25, 0.3) is 0 Å². The van der Waals surface area contributed by atoms with Crippen molar-refractivity contribution in [3.8, 4) is 11.6 Å². The van der Waals surface area contributed by atoms with Crippen LogP contribution < -0.4 is 10.5 Å². The van der Waals surface area contributed by atoms with Gasteiger partial charge in [0.15, 0.2) is 11.6 Å². The molecule has 0 atom stereocenters. The van der Waals surface area contributed by atoms with Crippen molar-refractivity contribution in [2.24, 2.45) is 5.73 Å². The Morgan fingerprint density at radius 2 is 2.19 bits per heavy atom. The normalized spacial score (nSPS) is 10.1. The van der Waals surface area contributed by atoms with Gasteiger partial charge in [-0.05, 0) is 17.7 Å². The highest BCUT2D eigenvalue weighted by molar-refractivity contribution is 5.31. The fourth-order valence-electron chi connectivity index (χ4n) is 1.21. The Labute approximate surface area is 91.9 Å². The van der Waals surface area contributed by atoms with Gasteiger partial charge in [-0.25, -0.2) is 14.4 Å². The van der Waals surface area contributed by atoms with Gasteiger partial charge in [0, 0.05) is 18.8 Å². The Bertz CT molecular complexity index is 476. The number of ether oxygens (including phenoxy) is 1. The molecule has 0 aliphatic heterocycles. The molecule has 0 bridgehead atoms. The first-order valence-electron chi connectivity index (χ1n) is 4.72. The van der Waals surface area contributed by atoms with E-state index in [1.807, 2.05) is 0 Å². The van der Waals surface area contributed by atoms with E-state index in [-0.39, 0.29) is 5.75 Å². The fourth-order valence-corrected chi connectivity index (χ4v) is 1.21. The number of benzene rings is 1. The average molecular weight is 219 g/mol. The quantitative estimate of drug-likeness (QED) is 0.855. The number of halogens is 1. The molecule has 0 unspecified atom stereocenters. The molecule has 2 aromatic rings. The minimum absolute atomic E-state index is 0.121. The Morgan fingerprint density at radius 1 is 1.31 bits per heavy atom. The maximum Gasteiger partial charge on any atom is 0.222 e. The van der Waals surface area contributed by atoms with Crippen molar-refractivity contribution in [1.82, 2.24) is 9.97 Å². The molecule has 0 radical (unpaired) electrons. The Kier molecular flexibility index (Phi) is 3.07. The molecule has 0 spiro atoms. The van der Waals surface area contributed by atoms with Gasteiger partial charge in [-0.1, -0.05) is 6.07 Å². The molecule has 16 heavy (non-hydrogen) atoms. The molecule has 0 amide bonds. The van der Waals surface area contributed by atoms with Gasteiger partial charge in [0.2, 0.25) is 5.88 Å². The smallest absolute Gasteiger partial charge is 0.222 e. The predicted octanol–water partition coefficient (Wildman–Crippen LogP) is 1.87. The van der Waals surface area contributed by atoms with E-state index in [0.717, 1.165) is 0 Å². The summed E-state index contributed by atoms with van der Waals surface area (Å²) in [6, 6.07) is 6.13. The largest absolute Gasteiger partial charge is 0.436 e. The van der Waals surface area contributed by atoms with E-state index in [4.69, 9.17) is 10.5 Å². The second-order valence-corrected chi connectivity index (χ2v) is 3.12. The minimum Gasteiger partial charge on any atom is -0.436 e. The molecule has 0 saturated carbocycles. The number of nitrogens with zero attached hydrogens (tertiary/aromatic N) is 2. The van der Waals surface area contributed by atoms with Gasteiger partial charge in [0.25, 0.3) is 0 Å². The molecule has 2 N–H and O–H groups in total. The fraction of sp³-hybridized carbons (Fsp3) is 0.0909. The van der Waals surface area contributed by atoms with Crippen molar-refractivity contribution in [1.29, 1.82) is 0 Å². The molecule has 0 saturated heterocycles. The van der Waals surface area contributed by atoms with Crippen molar-refractivity contribution in [3.63, 3.8) is 0 Å². The van der Waals surface area contributed by atoms with E-state index in [0.29, 0.717) is 18.0 Å². The lowest BCUT2D eigenvalue weighted by molar-refractivity contribution is 0.426. The lowest BCUT2D eigenvalue weighted by Crippen LogP contribution is -1.98. The molecule has 2 rings (SSSR count). The molecule has 1 heterocycles. The molecule has 82 valence electrons. The summed E-state index contributed by atoms with van der Waals surface area (Å²) < 4.78 is 18.7. The maximum atomic E-state index is 13.5. The van der Waals surface area contributed by atoms with E-state index in [1.54, 1.807) is 12.1 Å². The molecule has 4 nitrogen and oxygen atoms in total. The van der Waals surface area contributed by atoms with Crippen LogP contribution >= 0.6 is 0 Å². The van der Waals surface area contributed by atoms with Crippen LogP contribution in [0.4, 0.5) is 4.39 Å². The standard InChI is InChI=1S/C11H10FN3O/c12-9-5-8(6-13)1-2-10(9)16-11-3-4-14-7-15-11/h1-5,7H,6,13H2. The lowest BCUT2D eigenvalue weighted by atomic mass is 10.2. The van der Waals surface area contributed by atoms with Crippen molar-refractivity contribution in [2.75, 3.05) is 0 Å². The summed E-state index contributed by atoms with van der Waals surface area (Å²) in [7, 11) is 0. The summed E-state index contributed by atoms with van der Waals surface area (Å²) in [5.74, 6) is -0.0353. The minimum atomic E-state index is -0.457. The highest BCUT2D eigenvalue weighted by Crippen LogP contribution is 2.23. The van der Waals surface area contributed by atoms with Crippen molar-refractivity contribution < 1.29 is 9.13 Å². The van der Waals surface area contributed by atoms with Gasteiger partial charge >= 0.3 is 0 Å². The van der Waals surface area contributed by atoms with Gasteiger partial charge in [0.05, 0.1) is 0 Å². The SMILES string of the molecule is NCc1ccc(Oc2ccncn2)c(F)c1. The number of hydrogen-bond acceptors (Lipinski definition) is 4. The first-order chi connectivity index (χ1) is 7.79. The third kappa shape index (κ3) is 2.32. The number of rotatable bonds is 3. The molecule has 5 heteroatoms. The number of aromatic nitrogens is 2. The number of hydrogen-bond donors (Lipinski definition) is 1. The van der Waals surface area contributed by atoms with Crippen molar-refractivity contribution >= 4 is 0 Å². The van der Waals surface area contributed by atoms with Crippen molar-refractivity contribution in [3.05, 3.63) is 48.2 Å². The summed E-state index contributed by atoms with van der Waals surface area (Å²) in [5.41, 5.74) is 6.11. The predicted molar refractivity (Wildman–Crippen MR) is 56.4 cm³/mol. The third-order valence-electron chi connectivity index (χ3n) is 2.00. The van der Waals surface area contributed by atoms with E-state index in [2.05, 4.69) is 9.97 Å². The van der Waals surface area contributed by atoms with Crippen LogP contribution in [-0.4, -0.2) is 9.97 Å². The van der Waals surface area contributed by atoms with E-state index in [9.17, 15) is 4.39 Å². The first-order valence-corrected chi connectivity index (χ1v) is 4.72. The van der Waals surface area contributed by atoms with Crippen LogP contribution in [0.5, 0.6) is 11.6 Å². The molecular weight excluding hydrogens is 209 g/mol. The molecule has 1 aromatic carbocycles. The maximum absolute atomic E-state index is 13.5. The molecule has 0 fully saturated rings. The summed E-state index contributed by atoms with van der Waals surface area (Å²) in [6.45, 7) is 0.296. The Hall–Kier alpha value is -2.01. The Balaban J connectivity index is 2.22. The molecule has 0 aliphatic rings. The van der Waals surface area contributed by atoms with Crippen LogP contribution in [0.3, 0.4) is 0 Å². The summed E-state index contributed by atoms with van der Waals surface area (Å²) in [6.07, 6.45) is 2.86. The summed E-state index contributed by atoms with van der Waals surface area (Å²) in [4.78, 5) is 7.57. The van der Waals surface area contributed by atoms with Gasteiger partial charge in [-0.3, -0.25) is 0 Å². The van der Waals surface area contributed by atoms with Crippen LogP contribution in [-0.2, 0) is 6.54 Å². The van der Waals surface area contributed by atoms with E-state index >= 15 is 0 Å².